The van der Waals surface area contributed by atoms with Crippen molar-refractivity contribution in [3.63, 3.8) is 0 Å². The third kappa shape index (κ3) is 3.76. The molecule has 0 amide bonds. The smallest absolute Gasteiger partial charge is 0.143 e. The fraction of sp³-hybridized carbons (Fsp3) is 0.647. The van der Waals surface area contributed by atoms with Crippen molar-refractivity contribution in [1.82, 2.24) is 0 Å². The maximum atomic E-state index is 6.17. The van der Waals surface area contributed by atoms with Crippen molar-refractivity contribution < 1.29 is 9.47 Å². The fourth-order valence-electron chi connectivity index (χ4n) is 3.31. The highest BCUT2D eigenvalue weighted by molar-refractivity contribution is 6.32. The monoisotopic (exact) mass is 311 g/mol. The molecule has 0 bridgehead atoms. The largest absolute Gasteiger partial charge is 0.495 e. The van der Waals surface area contributed by atoms with Crippen LogP contribution in [0.5, 0.6) is 11.5 Å². The molecule has 0 aromatic heterocycles. The number of rotatable bonds is 5. The maximum absolute atomic E-state index is 6.17. The molecule has 0 heterocycles. The van der Waals surface area contributed by atoms with Crippen molar-refractivity contribution in [3.05, 3.63) is 17.2 Å². The van der Waals surface area contributed by atoms with E-state index in [1.807, 2.05) is 12.1 Å². The number of methoxy groups -OCH3 is 2. The van der Waals surface area contributed by atoms with Gasteiger partial charge in [-0.05, 0) is 24.7 Å². The molecule has 0 aliphatic heterocycles. The zero-order chi connectivity index (χ0) is 15.4. The van der Waals surface area contributed by atoms with Gasteiger partial charge in [0.1, 0.15) is 11.5 Å². The van der Waals surface area contributed by atoms with Gasteiger partial charge < -0.3 is 14.8 Å². The summed E-state index contributed by atoms with van der Waals surface area (Å²) in [7, 11) is 3.30. The summed E-state index contributed by atoms with van der Waals surface area (Å²) in [6.07, 6.45) is 5.12. The molecule has 0 spiro atoms. The minimum Gasteiger partial charge on any atom is -0.495 e. The molecule has 1 fully saturated rings. The van der Waals surface area contributed by atoms with Gasteiger partial charge in [0.25, 0.3) is 0 Å². The first-order chi connectivity index (χ1) is 10.1. The summed E-state index contributed by atoms with van der Waals surface area (Å²) in [5.74, 6) is 2.83. The van der Waals surface area contributed by atoms with E-state index in [2.05, 4.69) is 19.2 Å². The van der Waals surface area contributed by atoms with Gasteiger partial charge in [0.2, 0.25) is 0 Å². The maximum Gasteiger partial charge on any atom is 0.143 e. The molecule has 0 saturated heterocycles. The highest BCUT2D eigenvalue weighted by Gasteiger charge is 2.28. The van der Waals surface area contributed by atoms with Gasteiger partial charge in [-0.15, -0.1) is 0 Å². The van der Waals surface area contributed by atoms with E-state index in [0.29, 0.717) is 28.6 Å². The van der Waals surface area contributed by atoms with Crippen LogP contribution in [0.3, 0.4) is 0 Å². The van der Waals surface area contributed by atoms with Gasteiger partial charge in [0.15, 0.2) is 0 Å². The average Bonchev–Trinajstić information content (AvgIpc) is 2.48. The molecule has 1 aliphatic carbocycles. The highest BCUT2D eigenvalue weighted by atomic mass is 35.5. The third-order valence-corrected chi connectivity index (χ3v) is 4.79. The molecule has 2 rings (SSSR count). The molecule has 1 aliphatic rings. The number of hydrogen-bond donors (Lipinski definition) is 1. The van der Waals surface area contributed by atoms with E-state index in [1.165, 1.54) is 25.7 Å². The Bertz CT molecular complexity index is 476. The number of benzene rings is 1. The molecule has 4 heteroatoms. The Kier molecular flexibility index (Phi) is 5.63. The van der Waals surface area contributed by atoms with Crippen LogP contribution in [-0.4, -0.2) is 20.3 Å². The fourth-order valence-corrected chi connectivity index (χ4v) is 3.54. The van der Waals surface area contributed by atoms with E-state index in [0.717, 1.165) is 11.4 Å². The Balaban J connectivity index is 2.24. The Morgan fingerprint density at radius 1 is 1.10 bits per heavy atom. The zero-order valence-corrected chi connectivity index (χ0v) is 14.2. The van der Waals surface area contributed by atoms with Crippen molar-refractivity contribution in [1.29, 1.82) is 0 Å². The Labute approximate surface area is 133 Å². The van der Waals surface area contributed by atoms with Gasteiger partial charge in [-0.2, -0.15) is 0 Å². The molecular formula is C17H26ClNO2. The topological polar surface area (TPSA) is 30.5 Å². The van der Waals surface area contributed by atoms with Crippen LogP contribution in [0.1, 0.15) is 39.5 Å². The first kappa shape index (κ1) is 16.3. The number of hydrogen-bond acceptors (Lipinski definition) is 3. The summed E-state index contributed by atoms with van der Waals surface area (Å²) in [5, 5.41) is 4.24. The zero-order valence-electron chi connectivity index (χ0n) is 13.4. The molecule has 1 aromatic carbocycles. The minimum absolute atomic E-state index is 0.485. The van der Waals surface area contributed by atoms with Gasteiger partial charge in [0, 0.05) is 18.2 Å². The van der Waals surface area contributed by atoms with Crippen LogP contribution < -0.4 is 14.8 Å². The molecule has 1 N–H and O–H groups in total. The molecule has 1 aromatic rings. The lowest BCUT2D eigenvalue weighted by Crippen LogP contribution is -2.35. The van der Waals surface area contributed by atoms with Crippen molar-refractivity contribution in [3.8, 4) is 11.5 Å². The van der Waals surface area contributed by atoms with E-state index >= 15 is 0 Å². The number of anilines is 1. The van der Waals surface area contributed by atoms with Crippen LogP contribution in [0.15, 0.2) is 12.1 Å². The molecule has 3 nitrogen and oxygen atoms in total. The van der Waals surface area contributed by atoms with Crippen molar-refractivity contribution >= 4 is 17.3 Å². The van der Waals surface area contributed by atoms with Crippen LogP contribution in [0.25, 0.3) is 0 Å². The average molecular weight is 312 g/mol. The van der Waals surface area contributed by atoms with E-state index < -0.39 is 0 Å². The second-order valence-corrected chi connectivity index (χ2v) is 6.54. The lowest BCUT2D eigenvalue weighted by Gasteiger charge is -2.36. The van der Waals surface area contributed by atoms with Crippen LogP contribution >= 0.6 is 11.6 Å². The van der Waals surface area contributed by atoms with Crippen LogP contribution in [0.4, 0.5) is 5.69 Å². The quantitative estimate of drug-likeness (QED) is 0.831. The van der Waals surface area contributed by atoms with Crippen LogP contribution in [-0.2, 0) is 0 Å². The van der Waals surface area contributed by atoms with E-state index in [-0.39, 0.29) is 0 Å². The second-order valence-electron chi connectivity index (χ2n) is 6.13. The standard InChI is InChI=1S/C17H26ClNO2/c1-11(2)12-7-5-6-8-14(12)19-15-10-16(20-3)13(18)9-17(15)21-4/h9-12,14,19H,5-8H2,1-4H3. The van der Waals surface area contributed by atoms with Crippen molar-refractivity contribution in [2.45, 2.75) is 45.6 Å². The molecule has 1 saturated carbocycles. The first-order valence-corrected chi connectivity index (χ1v) is 8.12. The van der Waals surface area contributed by atoms with Gasteiger partial charge >= 0.3 is 0 Å². The summed E-state index contributed by atoms with van der Waals surface area (Å²) in [6.45, 7) is 4.62. The van der Waals surface area contributed by atoms with Crippen molar-refractivity contribution in [2.75, 3.05) is 19.5 Å². The SMILES string of the molecule is COc1cc(NC2CCCCC2C(C)C)c(OC)cc1Cl. The molecular weight excluding hydrogens is 286 g/mol. The lowest BCUT2D eigenvalue weighted by atomic mass is 9.78. The number of ether oxygens (including phenoxy) is 2. The summed E-state index contributed by atoms with van der Waals surface area (Å²) in [5.41, 5.74) is 0.969. The normalized spacial score (nSPS) is 22.2. The van der Waals surface area contributed by atoms with E-state index in [9.17, 15) is 0 Å². The molecule has 2 atom stereocenters. The van der Waals surface area contributed by atoms with Gasteiger partial charge in [-0.1, -0.05) is 38.3 Å². The lowest BCUT2D eigenvalue weighted by molar-refractivity contribution is 0.253. The van der Waals surface area contributed by atoms with Gasteiger partial charge in [-0.3, -0.25) is 0 Å². The van der Waals surface area contributed by atoms with Gasteiger partial charge in [-0.25, -0.2) is 0 Å². The summed E-state index contributed by atoms with van der Waals surface area (Å²) < 4.78 is 10.8. The summed E-state index contributed by atoms with van der Waals surface area (Å²) in [4.78, 5) is 0. The molecule has 118 valence electrons. The molecule has 0 radical (unpaired) electrons. The van der Waals surface area contributed by atoms with Crippen molar-refractivity contribution in [2.24, 2.45) is 11.8 Å². The second kappa shape index (κ2) is 7.26. The third-order valence-electron chi connectivity index (χ3n) is 4.49. The predicted octanol–water partition coefficient (Wildman–Crippen LogP) is 4.98. The van der Waals surface area contributed by atoms with Crippen LogP contribution in [0, 0.1) is 11.8 Å². The van der Waals surface area contributed by atoms with Crippen LogP contribution in [0.2, 0.25) is 5.02 Å². The summed E-state index contributed by atoms with van der Waals surface area (Å²) in [6, 6.07) is 4.24. The first-order valence-electron chi connectivity index (χ1n) is 7.74. The number of halogens is 1. The Morgan fingerprint density at radius 3 is 2.38 bits per heavy atom. The van der Waals surface area contributed by atoms with E-state index in [1.54, 1.807) is 14.2 Å². The molecule has 2 unspecified atom stereocenters. The Morgan fingerprint density at radius 2 is 1.76 bits per heavy atom. The number of nitrogens with one attached hydrogen (secondary N) is 1. The molecule has 21 heavy (non-hydrogen) atoms. The van der Waals surface area contributed by atoms with E-state index in [4.69, 9.17) is 21.1 Å². The Hall–Kier alpha value is -1.09. The van der Waals surface area contributed by atoms with Gasteiger partial charge in [0.05, 0.1) is 24.9 Å². The minimum atomic E-state index is 0.485. The predicted molar refractivity (Wildman–Crippen MR) is 88.8 cm³/mol. The summed E-state index contributed by atoms with van der Waals surface area (Å²) >= 11 is 6.17. The highest BCUT2D eigenvalue weighted by Crippen LogP contribution is 2.39.